The van der Waals surface area contributed by atoms with Gasteiger partial charge >= 0.3 is 5.63 Å². The smallest absolute Gasteiger partial charge is 0.362 e. The molecule has 0 amide bonds. The first-order valence-corrected chi connectivity index (χ1v) is 9.05. The lowest BCUT2D eigenvalue weighted by Crippen LogP contribution is -2.09. The highest BCUT2D eigenvalue weighted by atomic mass is 35.5. The number of benzene rings is 2. The third-order valence-electron chi connectivity index (χ3n) is 4.93. The average Bonchev–Trinajstić information content (AvgIpc) is 2.98. The molecule has 0 saturated heterocycles. The molecule has 3 heterocycles. The molecule has 0 fully saturated rings. The second-order valence-electron chi connectivity index (χ2n) is 6.67. The normalized spacial score (nSPS) is 11.6. The summed E-state index contributed by atoms with van der Waals surface area (Å²) in [6.07, 6.45) is 1.63. The minimum Gasteiger partial charge on any atom is -0.402 e. The molecule has 0 aliphatic heterocycles. The van der Waals surface area contributed by atoms with Crippen molar-refractivity contribution >= 4 is 44.5 Å². The fraction of sp³-hybridized carbons (Fsp3) is 0.0909. The number of aromatic nitrogens is 2. The molecule has 2 aromatic carbocycles. The Morgan fingerprint density at radius 1 is 1.07 bits per heavy atom. The van der Waals surface area contributed by atoms with Gasteiger partial charge in [-0.3, -0.25) is 0 Å². The third-order valence-corrected chi connectivity index (χ3v) is 5.30. The fourth-order valence-corrected chi connectivity index (χ4v) is 3.91. The lowest BCUT2D eigenvalue weighted by molar-refractivity contribution is 0.553. The maximum Gasteiger partial charge on any atom is 0.362 e. The Hall–Kier alpha value is -3.11. The Bertz CT molecular complexity index is 1400. The first-order valence-electron chi connectivity index (χ1n) is 8.67. The predicted molar refractivity (Wildman–Crippen MR) is 109 cm³/mol. The molecule has 27 heavy (non-hydrogen) atoms. The van der Waals surface area contributed by atoms with Crippen molar-refractivity contribution in [1.29, 1.82) is 0 Å². The Kier molecular flexibility index (Phi) is 3.55. The predicted octanol–water partition coefficient (Wildman–Crippen LogP) is 5.31. The Labute approximate surface area is 159 Å². The van der Waals surface area contributed by atoms with Crippen LogP contribution in [0.2, 0.25) is 5.02 Å². The Morgan fingerprint density at radius 3 is 2.78 bits per heavy atom. The molecule has 0 atom stereocenters. The summed E-state index contributed by atoms with van der Waals surface area (Å²) in [5, 5.41) is 3.40. The van der Waals surface area contributed by atoms with Crippen LogP contribution in [0, 0.1) is 6.92 Å². The number of hydrogen-bond donors (Lipinski definition) is 0. The van der Waals surface area contributed by atoms with E-state index in [9.17, 15) is 4.79 Å². The van der Waals surface area contributed by atoms with Crippen molar-refractivity contribution in [1.82, 2.24) is 9.55 Å². The Morgan fingerprint density at radius 2 is 1.93 bits per heavy atom. The fourth-order valence-electron chi connectivity index (χ4n) is 3.71. The molecule has 0 radical (unpaired) electrons. The molecule has 5 heteroatoms. The van der Waals surface area contributed by atoms with Gasteiger partial charge in [0, 0.05) is 39.4 Å². The van der Waals surface area contributed by atoms with Gasteiger partial charge in [-0.05, 0) is 42.8 Å². The van der Waals surface area contributed by atoms with Crippen LogP contribution in [0.4, 0.5) is 0 Å². The van der Waals surface area contributed by atoms with E-state index < -0.39 is 5.63 Å². The van der Waals surface area contributed by atoms with Crippen LogP contribution in [0.25, 0.3) is 32.9 Å². The molecule has 5 aromatic rings. The van der Waals surface area contributed by atoms with Crippen molar-refractivity contribution in [3.63, 3.8) is 0 Å². The summed E-state index contributed by atoms with van der Waals surface area (Å²) in [5.41, 5.74) is 3.55. The highest BCUT2D eigenvalue weighted by Gasteiger charge is 2.19. The summed E-state index contributed by atoms with van der Waals surface area (Å²) in [7, 11) is 0. The summed E-state index contributed by atoms with van der Waals surface area (Å²) in [6.45, 7) is 2.53. The molecule has 0 aliphatic carbocycles. The zero-order valence-corrected chi connectivity index (χ0v) is 15.3. The molecule has 0 aliphatic rings. The van der Waals surface area contributed by atoms with Gasteiger partial charge in [0.05, 0.1) is 0 Å². The average molecular weight is 375 g/mol. The lowest BCUT2D eigenvalue weighted by atomic mass is 10.1. The molecule has 0 unspecified atom stereocenters. The topological polar surface area (TPSA) is 48.0 Å². The lowest BCUT2D eigenvalue weighted by Gasteiger charge is -2.09. The molecule has 3 aromatic heterocycles. The number of halogens is 1. The number of rotatable bonds is 2. The van der Waals surface area contributed by atoms with Crippen molar-refractivity contribution in [2.24, 2.45) is 0 Å². The molecular weight excluding hydrogens is 360 g/mol. The van der Waals surface area contributed by atoms with Gasteiger partial charge in [-0.25, -0.2) is 9.78 Å². The zero-order valence-electron chi connectivity index (χ0n) is 14.6. The van der Waals surface area contributed by atoms with Crippen LogP contribution >= 0.6 is 11.6 Å². The van der Waals surface area contributed by atoms with Crippen molar-refractivity contribution in [3.8, 4) is 0 Å². The van der Waals surface area contributed by atoms with Crippen LogP contribution in [-0.2, 0) is 6.54 Å². The van der Waals surface area contributed by atoms with Crippen molar-refractivity contribution < 1.29 is 4.42 Å². The quantitative estimate of drug-likeness (QED) is 0.421. The van der Waals surface area contributed by atoms with Gasteiger partial charge in [-0.2, -0.15) is 0 Å². The molecule has 0 saturated carbocycles. The van der Waals surface area contributed by atoms with Crippen molar-refractivity contribution in [2.45, 2.75) is 13.5 Å². The van der Waals surface area contributed by atoms with Crippen LogP contribution in [0.15, 0.2) is 70.0 Å². The van der Waals surface area contributed by atoms with E-state index in [-0.39, 0.29) is 0 Å². The molecule has 132 valence electrons. The number of nitrogens with zero attached hydrogens (tertiary/aromatic N) is 2. The molecule has 5 rings (SSSR count). The van der Waals surface area contributed by atoms with E-state index in [2.05, 4.69) is 11.1 Å². The van der Waals surface area contributed by atoms with Gasteiger partial charge < -0.3 is 8.98 Å². The van der Waals surface area contributed by atoms with Gasteiger partial charge in [0.1, 0.15) is 5.52 Å². The van der Waals surface area contributed by atoms with Crippen LogP contribution in [0.1, 0.15) is 11.1 Å². The minimum absolute atomic E-state index is 0.355. The van der Waals surface area contributed by atoms with Crippen LogP contribution in [0.3, 0.4) is 0 Å². The first kappa shape index (κ1) is 16.1. The maximum atomic E-state index is 12.9. The second-order valence-corrected chi connectivity index (χ2v) is 7.07. The number of pyridine rings is 1. The third kappa shape index (κ3) is 2.45. The van der Waals surface area contributed by atoms with Gasteiger partial charge in [-0.15, -0.1) is 0 Å². The van der Waals surface area contributed by atoms with E-state index in [1.54, 1.807) is 6.20 Å². The van der Waals surface area contributed by atoms with Crippen molar-refractivity contribution in [2.75, 3.05) is 0 Å². The van der Waals surface area contributed by atoms with E-state index in [0.29, 0.717) is 22.8 Å². The van der Waals surface area contributed by atoms with Gasteiger partial charge in [0.2, 0.25) is 5.71 Å². The van der Waals surface area contributed by atoms with Gasteiger partial charge in [0.15, 0.2) is 0 Å². The van der Waals surface area contributed by atoms with Gasteiger partial charge in [-0.1, -0.05) is 41.4 Å². The molecular formula is C22H15ClN2O2. The van der Waals surface area contributed by atoms with Crippen LogP contribution < -0.4 is 5.63 Å². The molecule has 4 nitrogen and oxygen atoms in total. The number of aryl methyl sites for hydroxylation is 1. The monoisotopic (exact) mass is 374 g/mol. The largest absolute Gasteiger partial charge is 0.402 e. The standard InChI is InChI=1S/C22H15ClN2O2/c1-13-8-9-18-16(11-13)19-15-6-4-10-24-21(15)27-22(26)20(19)25(18)12-14-5-2-3-7-17(14)23/h2-11H,12H2,1H3. The number of hydrogen-bond acceptors (Lipinski definition) is 3. The van der Waals surface area contributed by atoms with E-state index in [1.165, 1.54) is 0 Å². The SMILES string of the molecule is Cc1ccc2c(c1)c1c3cccnc3oc(=O)c1n2Cc1ccccc1Cl. The Balaban J connectivity index is 1.96. The summed E-state index contributed by atoms with van der Waals surface area (Å²) < 4.78 is 7.51. The summed E-state index contributed by atoms with van der Waals surface area (Å²) >= 11 is 6.38. The molecule has 0 bridgehead atoms. The van der Waals surface area contributed by atoms with E-state index in [0.717, 1.165) is 32.8 Å². The maximum absolute atomic E-state index is 12.9. The summed E-state index contributed by atoms with van der Waals surface area (Å²) in [4.78, 5) is 17.1. The number of fused-ring (bicyclic) bond motifs is 5. The van der Waals surface area contributed by atoms with Crippen molar-refractivity contribution in [3.05, 3.63) is 87.4 Å². The molecule has 0 spiro atoms. The van der Waals surface area contributed by atoms with E-state index >= 15 is 0 Å². The highest BCUT2D eigenvalue weighted by molar-refractivity contribution is 6.31. The van der Waals surface area contributed by atoms with E-state index in [4.69, 9.17) is 16.0 Å². The van der Waals surface area contributed by atoms with Crippen LogP contribution in [-0.4, -0.2) is 9.55 Å². The second kappa shape index (κ2) is 5.96. The van der Waals surface area contributed by atoms with E-state index in [1.807, 2.05) is 60.0 Å². The zero-order chi connectivity index (χ0) is 18.5. The first-order chi connectivity index (χ1) is 13.1. The summed E-state index contributed by atoms with van der Waals surface area (Å²) in [5.74, 6) is 0. The molecule has 0 N–H and O–H groups in total. The summed E-state index contributed by atoms with van der Waals surface area (Å²) in [6, 6.07) is 17.7. The van der Waals surface area contributed by atoms with Gasteiger partial charge in [0.25, 0.3) is 0 Å². The minimum atomic E-state index is -0.392. The van der Waals surface area contributed by atoms with Crippen LogP contribution in [0.5, 0.6) is 0 Å². The highest BCUT2D eigenvalue weighted by Crippen LogP contribution is 2.34.